The molecule has 1 N–H and O–H groups in total. The van der Waals surface area contributed by atoms with Gasteiger partial charge in [-0.1, -0.05) is 0 Å². The largest absolute Gasteiger partial charge is 0.505 e. The van der Waals surface area contributed by atoms with Crippen LogP contribution in [0.25, 0.3) is 0 Å². The lowest BCUT2D eigenvalue weighted by Gasteiger charge is -2.06. The predicted molar refractivity (Wildman–Crippen MR) is 35.2 cm³/mol. The first-order valence-electron chi connectivity index (χ1n) is 3.01. The van der Waals surface area contributed by atoms with Gasteiger partial charge in [-0.15, -0.1) is 0 Å². The lowest BCUT2D eigenvalue weighted by atomic mass is 10.2. The molecule has 0 aliphatic rings. The van der Waals surface area contributed by atoms with Gasteiger partial charge in [-0.3, -0.25) is 4.79 Å². The summed E-state index contributed by atoms with van der Waals surface area (Å²) in [5.41, 5.74) is 0. The molecule has 0 radical (unpaired) electrons. The van der Waals surface area contributed by atoms with Crippen molar-refractivity contribution in [1.29, 1.82) is 0 Å². The third-order valence-corrected chi connectivity index (χ3v) is 1.06. The van der Waals surface area contributed by atoms with E-state index in [-0.39, 0.29) is 6.61 Å². The minimum atomic E-state index is -1.39. The van der Waals surface area contributed by atoms with Gasteiger partial charge in [-0.25, -0.2) is 4.79 Å². The lowest BCUT2D eigenvalue weighted by Crippen LogP contribution is -2.19. The van der Waals surface area contributed by atoms with Crippen molar-refractivity contribution in [2.24, 2.45) is 5.92 Å². The molecule has 0 heterocycles. The Morgan fingerprint density at radius 3 is 2.45 bits per heavy atom. The highest BCUT2D eigenvalue weighted by Gasteiger charge is 2.14. The monoisotopic (exact) mass is 162 g/mol. The summed E-state index contributed by atoms with van der Waals surface area (Å²) in [5.74, 6) is -1.03. The molecule has 0 rings (SSSR count). The standard InChI is InChI=1S/C6H10O5/c1-4(5(7)10-2)3-11-6(8)9/h4H,3H2,1-2H3,(H,8,9). The minimum Gasteiger partial charge on any atom is -0.469 e. The van der Waals surface area contributed by atoms with Crippen LogP contribution in [-0.2, 0) is 14.3 Å². The molecule has 0 aliphatic carbocycles. The van der Waals surface area contributed by atoms with Crippen LogP contribution in [0.4, 0.5) is 4.79 Å². The van der Waals surface area contributed by atoms with Crippen LogP contribution in [-0.4, -0.2) is 30.9 Å². The van der Waals surface area contributed by atoms with Crippen LogP contribution < -0.4 is 0 Å². The Hall–Kier alpha value is -1.26. The average molecular weight is 162 g/mol. The topological polar surface area (TPSA) is 72.8 Å². The van der Waals surface area contributed by atoms with Crippen LogP contribution in [0.15, 0.2) is 0 Å². The zero-order valence-corrected chi connectivity index (χ0v) is 6.36. The van der Waals surface area contributed by atoms with Gasteiger partial charge in [0.1, 0.15) is 6.61 Å². The summed E-state index contributed by atoms with van der Waals surface area (Å²) in [7, 11) is 1.24. The predicted octanol–water partition coefficient (Wildman–Crippen LogP) is 0.490. The zero-order valence-electron chi connectivity index (χ0n) is 6.36. The van der Waals surface area contributed by atoms with E-state index in [0.717, 1.165) is 0 Å². The third-order valence-electron chi connectivity index (χ3n) is 1.06. The van der Waals surface area contributed by atoms with Gasteiger partial charge in [-0.2, -0.15) is 0 Å². The van der Waals surface area contributed by atoms with E-state index in [4.69, 9.17) is 5.11 Å². The van der Waals surface area contributed by atoms with Crippen LogP contribution >= 0.6 is 0 Å². The molecule has 11 heavy (non-hydrogen) atoms. The molecule has 0 saturated heterocycles. The highest BCUT2D eigenvalue weighted by Crippen LogP contribution is 1.97. The molecule has 64 valence electrons. The van der Waals surface area contributed by atoms with Gasteiger partial charge in [0.15, 0.2) is 0 Å². The van der Waals surface area contributed by atoms with Gasteiger partial charge < -0.3 is 14.6 Å². The zero-order chi connectivity index (χ0) is 8.85. The number of esters is 1. The van der Waals surface area contributed by atoms with Crippen LogP contribution in [0.5, 0.6) is 0 Å². The van der Waals surface area contributed by atoms with E-state index in [2.05, 4.69) is 9.47 Å². The first-order chi connectivity index (χ1) is 5.07. The van der Waals surface area contributed by atoms with Crippen LogP contribution in [0.2, 0.25) is 0 Å². The van der Waals surface area contributed by atoms with Gasteiger partial charge in [-0.05, 0) is 6.92 Å². The molecule has 0 aromatic rings. The number of rotatable bonds is 3. The van der Waals surface area contributed by atoms with E-state index in [9.17, 15) is 9.59 Å². The fourth-order valence-electron chi connectivity index (χ4n) is 0.466. The molecule has 0 saturated carbocycles. The van der Waals surface area contributed by atoms with Crippen LogP contribution in [0.3, 0.4) is 0 Å². The Morgan fingerprint density at radius 1 is 1.55 bits per heavy atom. The van der Waals surface area contributed by atoms with Gasteiger partial charge in [0, 0.05) is 0 Å². The van der Waals surface area contributed by atoms with Crippen molar-refractivity contribution in [3.8, 4) is 0 Å². The van der Waals surface area contributed by atoms with Crippen LogP contribution in [0.1, 0.15) is 6.92 Å². The summed E-state index contributed by atoms with van der Waals surface area (Å²) in [6, 6.07) is 0. The number of carbonyl (C=O) groups is 2. The summed E-state index contributed by atoms with van der Waals surface area (Å²) < 4.78 is 8.47. The summed E-state index contributed by atoms with van der Waals surface area (Å²) in [5, 5.41) is 8.04. The molecular weight excluding hydrogens is 152 g/mol. The highest BCUT2D eigenvalue weighted by atomic mass is 16.7. The van der Waals surface area contributed by atoms with Crippen molar-refractivity contribution in [2.45, 2.75) is 6.92 Å². The molecule has 1 atom stereocenters. The van der Waals surface area contributed by atoms with Crippen molar-refractivity contribution in [1.82, 2.24) is 0 Å². The van der Waals surface area contributed by atoms with Gasteiger partial charge in [0.05, 0.1) is 13.0 Å². The quantitative estimate of drug-likeness (QED) is 0.611. The number of methoxy groups -OCH3 is 1. The van der Waals surface area contributed by atoms with E-state index < -0.39 is 18.0 Å². The number of ether oxygens (including phenoxy) is 2. The van der Waals surface area contributed by atoms with Gasteiger partial charge in [0.25, 0.3) is 0 Å². The van der Waals surface area contributed by atoms with E-state index in [1.807, 2.05) is 0 Å². The summed E-state index contributed by atoms with van der Waals surface area (Å²) in [6.45, 7) is 1.36. The summed E-state index contributed by atoms with van der Waals surface area (Å²) in [6.07, 6.45) is -1.39. The van der Waals surface area contributed by atoms with Gasteiger partial charge >= 0.3 is 12.1 Å². The van der Waals surface area contributed by atoms with Crippen molar-refractivity contribution in [3.05, 3.63) is 0 Å². The molecular formula is C6H10O5. The minimum absolute atomic E-state index is 0.165. The Labute approximate surface area is 63.9 Å². The van der Waals surface area contributed by atoms with E-state index in [1.54, 1.807) is 0 Å². The maximum atomic E-state index is 10.6. The molecule has 1 unspecified atom stereocenters. The Kier molecular flexibility index (Phi) is 4.02. The molecule has 5 nitrogen and oxygen atoms in total. The average Bonchev–Trinajstić information content (AvgIpc) is 1.98. The summed E-state index contributed by atoms with van der Waals surface area (Å²) >= 11 is 0. The fourth-order valence-corrected chi connectivity index (χ4v) is 0.466. The Morgan fingerprint density at radius 2 is 2.09 bits per heavy atom. The number of hydrogen-bond acceptors (Lipinski definition) is 4. The Balaban J connectivity index is 3.60. The highest BCUT2D eigenvalue weighted by molar-refractivity contribution is 5.72. The molecule has 0 fully saturated rings. The van der Waals surface area contributed by atoms with Crippen molar-refractivity contribution >= 4 is 12.1 Å². The second-order valence-electron chi connectivity index (χ2n) is 2.00. The molecule has 0 aromatic heterocycles. The number of hydrogen-bond donors (Lipinski definition) is 1. The van der Waals surface area contributed by atoms with E-state index in [1.165, 1.54) is 14.0 Å². The number of carbonyl (C=O) groups excluding carboxylic acids is 1. The van der Waals surface area contributed by atoms with E-state index >= 15 is 0 Å². The lowest BCUT2D eigenvalue weighted by molar-refractivity contribution is -0.146. The SMILES string of the molecule is COC(=O)C(C)COC(=O)O. The molecule has 5 heteroatoms. The molecule has 0 aromatic carbocycles. The fraction of sp³-hybridized carbons (Fsp3) is 0.667. The van der Waals surface area contributed by atoms with E-state index in [0.29, 0.717) is 0 Å². The van der Waals surface area contributed by atoms with Crippen molar-refractivity contribution < 1.29 is 24.2 Å². The maximum Gasteiger partial charge on any atom is 0.505 e. The Bertz CT molecular complexity index is 153. The summed E-state index contributed by atoms with van der Waals surface area (Å²) in [4.78, 5) is 20.5. The van der Waals surface area contributed by atoms with Gasteiger partial charge in [0.2, 0.25) is 0 Å². The molecule has 0 aliphatic heterocycles. The van der Waals surface area contributed by atoms with Crippen molar-refractivity contribution in [2.75, 3.05) is 13.7 Å². The second-order valence-corrected chi connectivity index (χ2v) is 2.00. The van der Waals surface area contributed by atoms with Crippen LogP contribution in [0, 0.1) is 5.92 Å². The molecule has 0 spiro atoms. The first kappa shape index (κ1) is 9.74. The smallest absolute Gasteiger partial charge is 0.469 e. The molecule has 0 bridgehead atoms. The van der Waals surface area contributed by atoms with Crippen molar-refractivity contribution in [3.63, 3.8) is 0 Å². The maximum absolute atomic E-state index is 10.6. The molecule has 0 amide bonds. The second kappa shape index (κ2) is 4.54. The first-order valence-corrected chi connectivity index (χ1v) is 3.01. The number of carboxylic acid groups (broad SMARTS) is 1. The third kappa shape index (κ3) is 4.19. The normalized spacial score (nSPS) is 11.8.